The van der Waals surface area contributed by atoms with Crippen LogP contribution in [0.4, 0.5) is 0 Å². The molecule has 1 unspecified atom stereocenters. The molecule has 22 heavy (non-hydrogen) atoms. The molecule has 126 valence electrons. The topological polar surface area (TPSA) is 89.5 Å². The van der Waals surface area contributed by atoms with Crippen molar-refractivity contribution in [2.75, 3.05) is 33.9 Å². The number of hydrogen-bond donors (Lipinski definition) is 2. The molecule has 1 aromatic heterocycles. The maximum absolute atomic E-state index is 12.3. The van der Waals surface area contributed by atoms with Gasteiger partial charge in [-0.15, -0.1) is 12.4 Å². The van der Waals surface area contributed by atoms with Crippen LogP contribution in [-0.4, -0.2) is 52.9 Å². The average Bonchev–Trinajstić information content (AvgIpc) is 2.95. The molecular weight excluding hydrogens is 330 g/mol. The van der Waals surface area contributed by atoms with E-state index in [9.17, 15) is 8.42 Å². The number of methoxy groups -OCH3 is 2. The van der Waals surface area contributed by atoms with Gasteiger partial charge in [-0.25, -0.2) is 18.1 Å². The van der Waals surface area contributed by atoms with Crippen LogP contribution in [0.25, 0.3) is 0 Å². The second kappa shape index (κ2) is 8.07. The van der Waals surface area contributed by atoms with Crippen molar-refractivity contribution in [3.05, 3.63) is 18.3 Å². The molecule has 2 N–H and O–H groups in total. The van der Waals surface area contributed by atoms with E-state index in [1.807, 2.05) is 0 Å². The Bertz CT molecular complexity index is 559. The first kappa shape index (κ1) is 19.1. The van der Waals surface area contributed by atoms with Gasteiger partial charge in [-0.2, -0.15) is 0 Å². The smallest absolute Gasteiger partial charge is 0.242 e. The van der Waals surface area contributed by atoms with Gasteiger partial charge in [0.15, 0.2) is 0 Å². The lowest BCUT2D eigenvalue weighted by molar-refractivity contribution is 0.122. The van der Waals surface area contributed by atoms with Gasteiger partial charge in [0, 0.05) is 19.7 Å². The summed E-state index contributed by atoms with van der Waals surface area (Å²) in [5, 5.41) is 3.33. The number of sulfonamides is 1. The Morgan fingerprint density at radius 3 is 2.68 bits per heavy atom. The molecule has 1 aliphatic rings. The fourth-order valence-corrected chi connectivity index (χ4v) is 3.50. The highest BCUT2D eigenvalue weighted by Gasteiger charge is 2.34. The molecule has 0 spiro atoms. The zero-order chi connectivity index (χ0) is 15.3. The Hall–Kier alpha value is -0.930. The van der Waals surface area contributed by atoms with Crippen LogP contribution in [0.15, 0.2) is 23.2 Å². The number of nitrogens with zero attached hydrogens (tertiary/aromatic N) is 1. The predicted octanol–water partition coefficient (Wildman–Crippen LogP) is 0.559. The fourth-order valence-electron chi connectivity index (χ4n) is 2.43. The third kappa shape index (κ3) is 4.53. The van der Waals surface area contributed by atoms with Crippen molar-refractivity contribution >= 4 is 22.4 Å². The number of hydrogen-bond acceptors (Lipinski definition) is 6. The van der Waals surface area contributed by atoms with E-state index in [0.29, 0.717) is 12.5 Å². The highest BCUT2D eigenvalue weighted by atomic mass is 35.5. The van der Waals surface area contributed by atoms with Crippen LogP contribution in [0.3, 0.4) is 0 Å². The van der Waals surface area contributed by atoms with Crippen molar-refractivity contribution in [1.82, 2.24) is 15.0 Å². The third-order valence-corrected chi connectivity index (χ3v) is 4.97. The molecule has 1 fully saturated rings. The first-order valence-electron chi connectivity index (χ1n) is 6.75. The summed E-state index contributed by atoms with van der Waals surface area (Å²) in [7, 11) is -0.497. The lowest BCUT2D eigenvalue weighted by Gasteiger charge is -2.28. The van der Waals surface area contributed by atoms with Gasteiger partial charge in [0.2, 0.25) is 15.9 Å². The average molecular weight is 352 g/mol. The van der Waals surface area contributed by atoms with Gasteiger partial charge in [0.25, 0.3) is 0 Å². The molecule has 1 atom stereocenters. The fraction of sp³-hybridized carbons (Fsp3) is 0.615. The number of halogens is 1. The van der Waals surface area contributed by atoms with Gasteiger partial charge in [-0.3, -0.25) is 0 Å². The summed E-state index contributed by atoms with van der Waals surface area (Å²) in [6.45, 7) is 1.63. The van der Waals surface area contributed by atoms with E-state index in [0.717, 1.165) is 19.4 Å². The van der Waals surface area contributed by atoms with Crippen molar-refractivity contribution in [3.8, 4) is 5.88 Å². The number of aromatic nitrogens is 1. The molecule has 9 heteroatoms. The van der Waals surface area contributed by atoms with Crippen LogP contribution in [-0.2, 0) is 14.8 Å². The summed E-state index contributed by atoms with van der Waals surface area (Å²) >= 11 is 0. The second-order valence-electron chi connectivity index (χ2n) is 5.10. The molecule has 0 amide bonds. The summed E-state index contributed by atoms with van der Waals surface area (Å²) < 4.78 is 37.3. The van der Waals surface area contributed by atoms with E-state index in [2.05, 4.69) is 15.0 Å². The first-order valence-corrected chi connectivity index (χ1v) is 8.23. The molecule has 0 aliphatic carbocycles. The van der Waals surface area contributed by atoms with E-state index < -0.39 is 10.0 Å². The summed E-state index contributed by atoms with van der Waals surface area (Å²) in [6.07, 6.45) is 3.17. The van der Waals surface area contributed by atoms with Crippen LogP contribution in [0.2, 0.25) is 0 Å². The van der Waals surface area contributed by atoms with Crippen LogP contribution >= 0.6 is 12.4 Å². The summed E-state index contributed by atoms with van der Waals surface area (Å²) in [5.41, 5.74) is -0.332. The summed E-state index contributed by atoms with van der Waals surface area (Å²) in [5.74, 6) is 0.377. The van der Waals surface area contributed by atoms with Gasteiger partial charge >= 0.3 is 0 Å². The van der Waals surface area contributed by atoms with E-state index in [4.69, 9.17) is 9.47 Å². The van der Waals surface area contributed by atoms with Gasteiger partial charge in [0.1, 0.15) is 4.90 Å². The summed E-state index contributed by atoms with van der Waals surface area (Å²) in [6, 6.07) is 2.99. The maximum atomic E-state index is 12.3. The zero-order valence-electron chi connectivity index (χ0n) is 12.7. The lowest BCUT2D eigenvalue weighted by atomic mass is 9.99. The predicted molar refractivity (Wildman–Crippen MR) is 85.1 cm³/mol. The minimum absolute atomic E-state index is 0. The Morgan fingerprint density at radius 1 is 1.41 bits per heavy atom. The van der Waals surface area contributed by atoms with Crippen LogP contribution in [0.5, 0.6) is 5.88 Å². The molecule has 1 saturated heterocycles. The number of rotatable bonds is 7. The molecule has 0 saturated carbocycles. The monoisotopic (exact) mass is 351 g/mol. The molecule has 0 radical (unpaired) electrons. The standard InChI is InChI=1S/C13H21N3O4S.ClH/c1-19-10-13(6-3-7-15-13)9-16-21(17,18)11-4-5-12(20-2)14-8-11;/h4-5,8,15-16H,3,6-7,9-10H2,1-2H3;1H. The van der Waals surface area contributed by atoms with Crippen molar-refractivity contribution < 1.29 is 17.9 Å². The molecule has 0 aromatic carbocycles. The molecule has 0 bridgehead atoms. The van der Waals surface area contributed by atoms with Crippen molar-refractivity contribution in [3.63, 3.8) is 0 Å². The summed E-state index contributed by atoms with van der Waals surface area (Å²) in [4.78, 5) is 4.03. The molecule has 1 aromatic rings. The number of pyridine rings is 1. The lowest BCUT2D eigenvalue weighted by Crippen LogP contribution is -2.52. The van der Waals surface area contributed by atoms with Crippen LogP contribution < -0.4 is 14.8 Å². The zero-order valence-corrected chi connectivity index (χ0v) is 14.3. The Labute approximate surface area is 137 Å². The molecule has 1 aliphatic heterocycles. The van der Waals surface area contributed by atoms with Crippen molar-refractivity contribution in [1.29, 1.82) is 0 Å². The Kier molecular flexibility index (Phi) is 7.01. The molecular formula is C13H22ClN3O4S. The second-order valence-corrected chi connectivity index (χ2v) is 6.87. The Balaban J connectivity index is 0.00000242. The number of nitrogens with one attached hydrogen (secondary N) is 2. The SMILES string of the molecule is COCC1(CNS(=O)(=O)c2ccc(OC)nc2)CCCN1.Cl. The number of ether oxygens (including phenoxy) is 2. The van der Waals surface area contributed by atoms with Crippen molar-refractivity contribution in [2.45, 2.75) is 23.3 Å². The first-order chi connectivity index (χ1) is 10.0. The van der Waals surface area contributed by atoms with Gasteiger partial charge < -0.3 is 14.8 Å². The van der Waals surface area contributed by atoms with E-state index in [1.54, 1.807) is 7.11 Å². The van der Waals surface area contributed by atoms with E-state index in [-0.39, 0.29) is 29.4 Å². The molecule has 7 nitrogen and oxygen atoms in total. The van der Waals surface area contributed by atoms with Gasteiger partial charge in [-0.05, 0) is 25.5 Å². The molecule has 2 rings (SSSR count). The van der Waals surface area contributed by atoms with Crippen LogP contribution in [0, 0.1) is 0 Å². The van der Waals surface area contributed by atoms with Gasteiger partial charge in [0.05, 0.1) is 25.5 Å². The minimum Gasteiger partial charge on any atom is -0.481 e. The van der Waals surface area contributed by atoms with Crippen molar-refractivity contribution in [2.24, 2.45) is 0 Å². The Morgan fingerprint density at radius 2 is 2.18 bits per heavy atom. The van der Waals surface area contributed by atoms with E-state index in [1.165, 1.54) is 25.4 Å². The minimum atomic E-state index is -3.59. The molecule has 2 heterocycles. The highest BCUT2D eigenvalue weighted by molar-refractivity contribution is 7.89. The maximum Gasteiger partial charge on any atom is 0.242 e. The normalized spacial score (nSPS) is 21.4. The quantitative estimate of drug-likeness (QED) is 0.746. The van der Waals surface area contributed by atoms with Crippen LogP contribution in [0.1, 0.15) is 12.8 Å². The highest BCUT2D eigenvalue weighted by Crippen LogP contribution is 2.20. The van der Waals surface area contributed by atoms with Gasteiger partial charge in [-0.1, -0.05) is 0 Å². The third-order valence-electron chi connectivity index (χ3n) is 3.58. The largest absolute Gasteiger partial charge is 0.481 e. The van der Waals surface area contributed by atoms with E-state index >= 15 is 0 Å².